The van der Waals surface area contributed by atoms with Crippen molar-refractivity contribution in [3.8, 4) is 0 Å². The highest BCUT2D eigenvalue weighted by Crippen LogP contribution is 2.47. The van der Waals surface area contributed by atoms with Crippen LogP contribution in [0.5, 0.6) is 0 Å². The second kappa shape index (κ2) is 10.5. The van der Waals surface area contributed by atoms with Crippen LogP contribution in [0, 0.1) is 11.8 Å². The average molecular weight is 357 g/mol. The fraction of sp³-hybridized carbons (Fsp3) is 0.842. The van der Waals surface area contributed by atoms with E-state index in [1.54, 1.807) is 0 Å². The van der Waals surface area contributed by atoms with Crippen LogP contribution in [0.15, 0.2) is 12.2 Å². The summed E-state index contributed by atoms with van der Waals surface area (Å²) in [6.07, 6.45) is 12.5. The minimum Gasteiger partial charge on any atom is -0.481 e. The van der Waals surface area contributed by atoms with E-state index in [-0.39, 0.29) is 12.5 Å². The maximum absolute atomic E-state index is 10.5. The maximum atomic E-state index is 10.5. The fourth-order valence-electron chi connectivity index (χ4n) is 3.91. The van der Waals surface area contributed by atoms with Crippen LogP contribution in [0.3, 0.4) is 0 Å². The molecule has 0 saturated carbocycles. The SMILES string of the molecule is CC(O)CCSCC[C@H]1[C@@H](CC=CCCCC(=O)O)[C@H]2CC[C@@H]1O2. The molecule has 1 unspecified atom stereocenters. The van der Waals surface area contributed by atoms with E-state index in [0.717, 1.165) is 37.2 Å². The number of unbranched alkanes of at least 4 members (excludes halogenated alkanes) is 1. The molecule has 0 radical (unpaired) electrons. The van der Waals surface area contributed by atoms with Crippen molar-refractivity contribution in [2.75, 3.05) is 11.5 Å². The molecule has 0 spiro atoms. The van der Waals surface area contributed by atoms with Gasteiger partial charge in [-0.2, -0.15) is 11.8 Å². The van der Waals surface area contributed by atoms with Gasteiger partial charge in [0.15, 0.2) is 0 Å². The van der Waals surface area contributed by atoms with Gasteiger partial charge in [-0.05, 0) is 75.2 Å². The lowest BCUT2D eigenvalue weighted by Crippen LogP contribution is -2.27. The van der Waals surface area contributed by atoms with Crippen LogP contribution in [0.4, 0.5) is 0 Å². The molecule has 2 aliphatic rings. The normalized spacial score (nSPS) is 30.2. The summed E-state index contributed by atoms with van der Waals surface area (Å²) in [5.74, 6) is 2.79. The Morgan fingerprint density at radius 2 is 2.00 bits per heavy atom. The zero-order valence-corrected chi connectivity index (χ0v) is 15.5. The number of hydrogen-bond donors (Lipinski definition) is 2. The summed E-state index contributed by atoms with van der Waals surface area (Å²) in [4.78, 5) is 10.5. The molecule has 2 fully saturated rings. The summed E-state index contributed by atoms with van der Waals surface area (Å²) >= 11 is 1.95. The molecule has 2 bridgehead atoms. The Morgan fingerprint density at radius 3 is 2.71 bits per heavy atom. The van der Waals surface area contributed by atoms with Gasteiger partial charge in [0.25, 0.3) is 0 Å². The number of aliphatic carboxylic acids is 1. The maximum Gasteiger partial charge on any atom is 0.303 e. The number of ether oxygens (including phenoxy) is 1. The molecule has 0 aliphatic carbocycles. The number of carbonyl (C=O) groups is 1. The van der Waals surface area contributed by atoms with Crippen molar-refractivity contribution >= 4 is 17.7 Å². The highest BCUT2D eigenvalue weighted by Gasteiger charge is 2.47. The van der Waals surface area contributed by atoms with E-state index in [1.165, 1.54) is 19.3 Å². The Morgan fingerprint density at radius 1 is 1.25 bits per heavy atom. The zero-order chi connectivity index (χ0) is 17.4. The zero-order valence-electron chi connectivity index (χ0n) is 14.7. The summed E-state index contributed by atoms with van der Waals surface area (Å²) in [7, 11) is 0. The van der Waals surface area contributed by atoms with Crippen molar-refractivity contribution in [1.29, 1.82) is 0 Å². The summed E-state index contributed by atoms with van der Waals surface area (Å²) in [5, 5.41) is 18.0. The van der Waals surface area contributed by atoms with Crippen molar-refractivity contribution in [3.63, 3.8) is 0 Å². The Hall–Kier alpha value is -0.520. The highest BCUT2D eigenvalue weighted by atomic mass is 32.2. The van der Waals surface area contributed by atoms with Crippen molar-refractivity contribution in [3.05, 3.63) is 12.2 Å². The first-order valence-corrected chi connectivity index (χ1v) is 10.5. The van der Waals surface area contributed by atoms with Gasteiger partial charge in [0.05, 0.1) is 18.3 Å². The van der Waals surface area contributed by atoms with Crippen LogP contribution in [-0.4, -0.2) is 46.0 Å². The number of allylic oxidation sites excluding steroid dienone is 2. The minimum atomic E-state index is -0.710. The van der Waals surface area contributed by atoms with Gasteiger partial charge in [-0.3, -0.25) is 4.79 Å². The summed E-state index contributed by atoms with van der Waals surface area (Å²) in [5.41, 5.74) is 0. The molecule has 2 heterocycles. The van der Waals surface area contributed by atoms with E-state index >= 15 is 0 Å². The number of aliphatic hydroxyl groups excluding tert-OH is 1. The van der Waals surface area contributed by atoms with Crippen molar-refractivity contribution < 1.29 is 19.7 Å². The smallest absolute Gasteiger partial charge is 0.303 e. The van der Waals surface area contributed by atoms with Gasteiger partial charge in [0.1, 0.15) is 0 Å². The second-order valence-corrected chi connectivity index (χ2v) is 8.37. The van der Waals surface area contributed by atoms with Gasteiger partial charge < -0.3 is 14.9 Å². The van der Waals surface area contributed by atoms with Crippen molar-refractivity contribution in [1.82, 2.24) is 0 Å². The third-order valence-electron chi connectivity index (χ3n) is 5.20. The van der Waals surface area contributed by atoms with Gasteiger partial charge in [0.2, 0.25) is 0 Å². The number of carboxylic acid groups (broad SMARTS) is 1. The molecule has 2 aliphatic heterocycles. The molecule has 2 N–H and O–H groups in total. The number of aliphatic hydroxyl groups is 1. The largest absolute Gasteiger partial charge is 0.481 e. The van der Waals surface area contributed by atoms with Crippen LogP contribution in [-0.2, 0) is 9.53 Å². The number of carboxylic acids is 1. The van der Waals surface area contributed by atoms with Crippen molar-refractivity contribution in [2.45, 2.75) is 76.6 Å². The number of rotatable bonds is 12. The van der Waals surface area contributed by atoms with Crippen LogP contribution in [0.1, 0.15) is 58.3 Å². The topological polar surface area (TPSA) is 66.8 Å². The van der Waals surface area contributed by atoms with Crippen LogP contribution in [0.25, 0.3) is 0 Å². The molecular weight excluding hydrogens is 324 g/mol. The lowest BCUT2D eigenvalue weighted by Gasteiger charge is -2.27. The van der Waals surface area contributed by atoms with E-state index in [9.17, 15) is 9.90 Å². The van der Waals surface area contributed by atoms with Gasteiger partial charge in [0, 0.05) is 6.42 Å². The predicted molar refractivity (Wildman–Crippen MR) is 98.4 cm³/mol. The first-order valence-electron chi connectivity index (χ1n) is 9.36. The highest BCUT2D eigenvalue weighted by molar-refractivity contribution is 7.99. The van der Waals surface area contributed by atoms with E-state index < -0.39 is 5.97 Å². The number of hydrogen-bond acceptors (Lipinski definition) is 4. The first kappa shape index (κ1) is 19.8. The Bertz CT molecular complexity index is 410. The summed E-state index contributed by atoms with van der Waals surface area (Å²) in [6.45, 7) is 1.85. The molecule has 2 rings (SSSR count). The molecule has 0 aromatic rings. The predicted octanol–water partition coefficient (Wildman–Crippen LogP) is 3.88. The molecule has 2 saturated heterocycles. The first-order chi connectivity index (χ1) is 11.6. The Kier molecular flexibility index (Phi) is 8.63. The molecule has 5 heteroatoms. The lowest BCUT2D eigenvalue weighted by molar-refractivity contribution is -0.137. The van der Waals surface area contributed by atoms with Gasteiger partial charge in [-0.15, -0.1) is 0 Å². The summed E-state index contributed by atoms with van der Waals surface area (Å²) in [6, 6.07) is 0. The standard InChI is InChI=1S/C19H32O4S/c1-14(20)10-12-24-13-11-16-15(17-8-9-18(16)23-17)6-4-2-3-5-7-19(21)22/h2,4,14-18,20H,3,5-13H2,1H3,(H,21,22)/t14?,15-,16+,17-,18+/m1/s1. The van der Waals surface area contributed by atoms with E-state index in [0.29, 0.717) is 24.0 Å². The number of fused-ring (bicyclic) bond motifs is 2. The Balaban J connectivity index is 1.67. The van der Waals surface area contributed by atoms with Crippen molar-refractivity contribution in [2.24, 2.45) is 11.8 Å². The summed E-state index contributed by atoms with van der Waals surface area (Å²) < 4.78 is 6.14. The van der Waals surface area contributed by atoms with E-state index in [1.807, 2.05) is 18.7 Å². The molecule has 5 atom stereocenters. The van der Waals surface area contributed by atoms with E-state index in [4.69, 9.17) is 9.84 Å². The van der Waals surface area contributed by atoms with Crippen LogP contribution in [0.2, 0.25) is 0 Å². The molecule has 138 valence electrons. The van der Waals surface area contributed by atoms with Gasteiger partial charge in [-0.1, -0.05) is 12.2 Å². The monoisotopic (exact) mass is 356 g/mol. The lowest BCUT2D eigenvalue weighted by atomic mass is 9.76. The average Bonchev–Trinajstić information content (AvgIpc) is 3.11. The molecule has 0 aromatic heterocycles. The van der Waals surface area contributed by atoms with Gasteiger partial charge in [-0.25, -0.2) is 0 Å². The molecule has 24 heavy (non-hydrogen) atoms. The fourth-order valence-corrected chi connectivity index (χ4v) is 5.07. The van der Waals surface area contributed by atoms with Gasteiger partial charge >= 0.3 is 5.97 Å². The molecule has 4 nitrogen and oxygen atoms in total. The van der Waals surface area contributed by atoms with Crippen LogP contribution < -0.4 is 0 Å². The quantitative estimate of drug-likeness (QED) is 0.410. The minimum absolute atomic E-state index is 0.192. The Labute approximate surface area is 150 Å². The molecular formula is C19H32O4S. The number of thioether (sulfide) groups is 1. The third-order valence-corrected chi connectivity index (χ3v) is 6.25. The second-order valence-electron chi connectivity index (χ2n) is 7.15. The van der Waals surface area contributed by atoms with Crippen LogP contribution >= 0.6 is 11.8 Å². The van der Waals surface area contributed by atoms with E-state index in [2.05, 4.69) is 12.2 Å². The molecule has 0 aromatic carbocycles. The third kappa shape index (κ3) is 6.41. The molecule has 0 amide bonds.